The molecule has 1 unspecified atom stereocenters. The Morgan fingerprint density at radius 1 is 1.17 bits per heavy atom. The number of allylic oxidation sites excluding steroid dienone is 4. The van der Waals surface area contributed by atoms with Crippen LogP contribution >= 0.6 is 0 Å². The molecular formula is C17H23N. The highest BCUT2D eigenvalue weighted by molar-refractivity contribution is 5.21. The van der Waals surface area contributed by atoms with Gasteiger partial charge in [0.25, 0.3) is 0 Å². The minimum atomic E-state index is 0.248. The number of aryl methyl sites for hydroxylation is 1. The normalized spacial score (nSPS) is 13.1. The molecule has 0 aliphatic rings. The van der Waals surface area contributed by atoms with Gasteiger partial charge in [-0.15, -0.1) is 0 Å². The summed E-state index contributed by atoms with van der Waals surface area (Å²) in [5.41, 5.74) is 8.70. The van der Waals surface area contributed by atoms with Crippen molar-refractivity contribution in [3.63, 3.8) is 0 Å². The van der Waals surface area contributed by atoms with Crippen LogP contribution in [0.5, 0.6) is 0 Å². The molecule has 0 radical (unpaired) electrons. The van der Waals surface area contributed by atoms with Crippen molar-refractivity contribution in [1.82, 2.24) is 0 Å². The summed E-state index contributed by atoms with van der Waals surface area (Å²) in [7, 11) is 0. The highest BCUT2D eigenvalue weighted by Crippen LogP contribution is 2.12. The van der Waals surface area contributed by atoms with E-state index < -0.39 is 0 Å². The number of benzene rings is 1. The minimum absolute atomic E-state index is 0.248. The zero-order valence-electron chi connectivity index (χ0n) is 11.0. The molecule has 0 saturated carbocycles. The molecule has 1 rings (SSSR count). The van der Waals surface area contributed by atoms with Gasteiger partial charge < -0.3 is 5.73 Å². The van der Waals surface area contributed by atoms with E-state index in [1.807, 2.05) is 18.2 Å². The van der Waals surface area contributed by atoms with Gasteiger partial charge in [0.1, 0.15) is 0 Å². The van der Waals surface area contributed by atoms with Gasteiger partial charge in [0.15, 0.2) is 0 Å². The van der Waals surface area contributed by atoms with Crippen molar-refractivity contribution in [2.24, 2.45) is 5.73 Å². The number of nitrogens with two attached hydrogens (primary N) is 1. The molecule has 0 heterocycles. The third-order valence-electron chi connectivity index (χ3n) is 3.04. The summed E-state index contributed by atoms with van der Waals surface area (Å²) in [6.45, 7) is 7.49. The lowest BCUT2D eigenvalue weighted by Gasteiger charge is -2.11. The van der Waals surface area contributed by atoms with Crippen molar-refractivity contribution in [1.29, 1.82) is 0 Å². The van der Waals surface area contributed by atoms with Gasteiger partial charge in [-0.1, -0.05) is 61.7 Å². The van der Waals surface area contributed by atoms with E-state index in [4.69, 9.17) is 5.73 Å². The first-order chi connectivity index (χ1) is 8.76. The molecule has 0 aliphatic carbocycles. The van der Waals surface area contributed by atoms with Gasteiger partial charge in [0.05, 0.1) is 0 Å². The fraction of sp³-hybridized carbons (Fsp3) is 0.294. The van der Waals surface area contributed by atoms with Crippen molar-refractivity contribution in [2.45, 2.75) is 31.7 Å². The average Bonchev–Trinajstić information content (AvgIpc) is 2.42. The number of hydrogen-bond donors (Lipinski definition) is 1. The van der Waals surface area contributed by atoms with Crippen LogP contribution in [0.4, 0.5) is 0 Å². The molecule has 96 valence electrons. The zero-order chi connectivity index (χ0) is 13.2. The molecule has 18 heavy (non-hydrogen) atoms. The molecule has 0 bridgehead atoms. The van der Waals surface area contributed by atoms with Crippen LogP contribution in [0.15, 0.2) is 67.3 Å². The smallest absolute Gasteiger partial charge is 0.00451 e. The second-order valence-electron chi connectivity index (χ2n) is 4.50. The lowest BCUT2D eigenvalue weighted by Crippen LogP contribution is -2.20. The van der Waals surface area contributed by atoms with E-state index in [-0.39, 0.29) is 6.04 Å². The molecule has 0 aromatic heterocycles. The summed E-state index contributed by atoms with van der Waals surface area (Å²) in [6, 6.07) is 10.7. The van der Waals surface area contributed by atoms with Crippen LogP contribution < -0.4 is 5.73 Å². The maximum absolute atomic E-state index is 6.13. The molecule has 0 aliphatic heterocycles. The van der Waals surface area contributed by atoms with Gasteiger partial charge in [-0.2, -0.15) is 0 Å². The Kier molecular flexibility index (Phi) is 6.82. The number of hydrogen-bond acceptors (Lipinski definition) is 1. The second kappa shape index (κ2) is 8.48. The van der Waals surface area contributed by atoms with Crippen molar-refractivity contribution in [3.05, 3.63) is 72.9 Å². The van der Waals surface area contributed by atoms with Gasteiger partial charge in [0, 0.05) is 6.04 Å². The van der Waals surface area contributed by atoms with E-state index in [0.29, 0.717) is 0 Å². The van der Waals surface area contributed by atoms with Crippen LogP contribution in [0, 0.1) is 0 Å². The first kappa shape index (κ1) is 14.5. The molecule has 0 spiro atoms. The Balaban J connectivity index is 2.29. The third-order valence-corrected chi connectivity index (χ3v) is 3.04. The van der Waals surface area contributed by atoms with Crippen molar-refractivity contribution in [3.8, 4) is 0 Å². The van der Waals surface area contributed by atoms with Crippen LogP contribution in [0.2, 0.25) is 0 Å². The largest absolute Gasteiger partial charge is 0.328 e. The monoisotopic (exact) mass is 241 g/mol. The lowest BCUT2D eigenvalue weighted by atomic mass is 9.99. The summed E-state index contributed by atoms with van der Waals surface area (Å²) in [4.78, 5) is 0. The van der Waals surface area contributed by atoms with Crippen LogP contribution in [0.25, 0.3) is 0 Å². The Labute approximate surface area is 111 Å². The maximum atomic E-state index is 6.13. The van der Waals surface area contributed by atoms with Gasteiger partial charge in [0.2, 0.25) is 0 Å². The van der Waals surface area contributed by atoms with Crippen LogP contribution in [-0.4, -0.2) is 6.04 Å². The van der Waals surface area contributed by atoms with Crippen LogP contribution in [0.3, 0.4) is 0 Å². The summed E-state index contributed by atoms with van der Waals surface area (Å²) in [5, 5.41) is 0. The van der Waals surface area contributed by atoms with Crippen LogP contribution in [-0.2, 0) is 6.42 Å². The van der Waals surface area contributed by atoms with Gasteiger partial charge in [-0.3, -0.25) is 0 Å². The molecule has 1 atom stereocenters. The molecule has 1 heteroatoms. The fourth-order valence-corrected chi connectivity index (χ4v) is 1.90. The SMILES string of the molecule is C=C/C=C(\C=C)CCC(N)CCc1ccccc1. The maximum Gasteiger partial charge on any atom is 0.00451 e. The van der Waals surface area contributed by atoms with Crippen molar-refractivity contribution >= 4 is 0 Å². The molecule has 2 N–H and O–H groups in total. The van der Waals surface area contributed by atoms with E-state index in [9.17, 15) is 0 Å². The lowest BCUT2D eigenvalue weighted by molar-refractivity contribution is 0.570. The first-order valence-electron chi connectivity index (χ1n) is 6.49. The molecule has 0 amide bonds. The van der Waals surface area contributed by atoms with Crippen molar-refractivity contribution < 1.29 is 0 Å². The summed E-state index contributed by atoms with van der Waals surface area (Å²) >= 11 is 0. The first-order valence-corrected chi connectivity index (χ1v) is 6.49. The minimum Gasteiger partial charge on any atom is -0.328 e. The Morgan fingerprint density at radius 3 is 2.50 bits per heavy atom. The third kappa shape index (κ3) is 5.65. The molecule has 1 aromatic rings. The zero-order valence-corrected chi connectivity index (χ0v) is 11.0. The van der Waals surface area contributed by atoms with E-state index in [1.54, 1.807) is 6.08 Å². The fourth-order valence-electron chi connectivity index (χ4n) is 1.90. The highest BCUT2D eigenvalue weighted by Gasteiger charge is 2.03. The quantitative estimate of drug-likeness (QED) is 0.683. The predicted octanol–water partition coefficient (Wildman–Crippen LogP) is 4.03. The Bertz CT molecular complexity index is 389. The van der Waals surface area contributed by atoms with Gasteiger partial charge in [-0.05, 0) is 36.8 Å². The Morgan fingerprint density at radius 2 is 1.89 bits per heavy atom. The molecular weight excluding hydrogens is 218 g/mol. The summed E-state index contributed by atoms with van der Waals surface area (Å²) in [5.74, 6) is 0. The molecule has 0 saturated heterocycles. The van der Waals surface area contributed by atoms with E-state index >= 15 is 0 Å². The summed E-state index contributed by atoms with van der Waals surface area (Å²) < 4.78 is 0. The van der Waals surface area contributed by atoms with Crippen LogP contribution in [0.1, 0.15) is 24.8 Å². The second-order valence-corrected chi connectivity index (χ2v) is 4.50. The van der Waals surface area contributed by atoms with E-state index in [1.165, 1.54) is 11.1 Å². The number of rotatable bonds is 8. The molecule has 1 aromatic carbocycles. The topological polar surface area (TPSA) is 26.0 Å². The molecule has 1 nitrogen and oxygen atoms in total. The highest BCUT2D eigenvalue weighted by atomic mass is 14.6. The molecule has 0 fully saturated rings. The van der Waals surface area contributed by atoms with Crippen molar-refractivity contribution in [2.75, 3.05) is 0 Å². The Hall–Kier alpha value is -1.60. The van der Waals surface area contributed by atoms with Gasteiger partial charge in [-0.25, -0.2) is 0 Å². The van der Waals surface area contributed by atoms with Gasteiger partial charge >= 0.3 is 0 Å². The predicted molar refractivity (Wildman–Crippen MR) is 80.4 cm³/mol. The average molecular weight is 241 g/mol. The summed E-state index contributed by atoms with van der Waals surface area (Å²) in [6.07, 6.45) is 9.73. The van der Waals surface area contributed by atoms with E-state index in [0.717, 1.165) is 25.7 Å². The standard InChI is InChI=1S/C17H23N/c1-3-8-15(4-2)11-13-17(18)14-12-16-9-6-5-7-10-16/h3-10,17H,1-2,11-14,18H2/b15-8+. The van der Waals surface area contributed by atoms with E-state index in [2.05, 4.69) is 37.4 Å².